The van der Waals surface area contributed by atoms with Gasteiger partial charge in [-0.15, -0.1) is 10.2 Å². The second-order valence-electron chi connectivity index (χ2n) is 4.82. The van der Waals surface area contributed by atoms with Crippen LogP contribution < -0.4 is 4.72 Å². The molecule has 2 aromatic carbocycles. The highest BCUT2D eigenvalue weighted by molar-refractivity contribution is 7.93. The first kappa shape index (κ1) is 15.6. The first-order valence-electron chi connectivity index (χ1n) is 6.63. The van der Waals surface area contributed by atoms with Gasteiger partial charge in [0, 0.05) is 5.56 Å². The Kier molecular flexibility index (Phi) is 4.10. The molecule has 0 unspecified atom stereocenters. The van der Waals surface area contributed by atoms with Crippen LogP contribution in [-0.2, 0) is 10.0 Å². The highest BCUT2D eigenvalue weighted by Crippen LogP contribution is 2.28. The molecule has 0 bridgehead atoms. The summed E-state index contributed by atoms with van der Waals surface area (Å²) in [6, 6.07) is 13.2. The van der Waals surface area contributed by atoms with Gasteiger partial charge < -0.3 is 0 Å². The van der Waals surface area contributed by atoms with Crippen molar-refractivity contribution in [2.45, 2.75) is 11.8 Å². The number of benzene rings is 2. The van der Waals surface area contributed by atoms with Crippen molar-refractivity contribution in [1.82, 2.24) is 10.2 Å². The van der Waals surface area contributed by atoms with Crippen molar-refractivity contribution in [3.8, 4) is 10.6 Å². The number of nitrogens with zero attached hydrogens (tertiary/aromatic N) is 2. The molecule has 0 fully saturated rings. The molecule has 0 radical (unpaired) electrons. The third-order valence-corrected chi connectivity index (χ3v) is 5.43. The molecular weight excluding hydrogens is 337 g/mol. The Morgan fingerprint density at radius 3 is 2.52 bits per heavy atom. The van der Waals surface area contributed by atoms with Gasteiger partial charge in [0.05, 0.1) is 0 Å². The fourth-order valence-corrected chi connectivity index (χ4v) is 4.00. The van der Waals surface area contributed by atoms with E-state index in [1.54, 1.807) is 6.92 Å². The summed E-state index contributed by atoms with van der Waals surface area (Å²) in [5, 5.41) is 8.42. The van der Waals surface area contributed by atoms with E-state index in [9.17, 15) is 12.8 Å². The number of aromatic nitrogens is 2. The number of anilines is 1. The maximum Gasteiger partial charge on any atom is 0.266 e. The zero-order valence-electron chi connectivity index (χ0n) is 12.0. The van der Waals surface area contributed by atoms with Crippen LogP contribution in [0.3, 0.4) is 0 Å². The number of hydrogen-bond acceptors (Lipinski definition) is 5. The molecule has 0 aliphatic rings. The highest BCUT2D eigenvalue weighted by Gasteiger charge is 2.21. The molecule has 3 aromatic rings. The third-order valence-electron chi connectivity index (χ3n) is 3.04. The largest absolute Gasteiger partial charge is 0.266 e. The van der Waals surface area contributed by atoms with Crippen LogP contribution in [0.5, 0.6) is 0 Å². The molecule has 3 rings (SSSR count). The van der Waals surface area contributed by atoms with Crippen LogP contribution in [-0.4, -0.2) is 18.6 Å². The van der Waals surface area contributed by atoms with Crippen molar-refractivity contribution in [3.05, 3.63) is 59.9 Å². The zero-order chi connectivity index (χ0) is 16.4. The number of halogens is 1. The summed E-state index contributed by atoms with van der Waals surface area (Å²) < 4.78 is 40.7. The van der Waals surface area contributed by atoms with Crippen LogP contribution >= 0.6 is 11.3 Å². The van der Waals surface area contributed by atoms with Gasteiger partial charge in [0.1, 0.15) is 15.7 Å². The molecule has 0 atom stereocenters. The fourth-order valence-electron chi connectivity index (χ4n) is 1.96. The Hall–Kier alpha value is -2.32. The SMILES string of the molecule is Cc1ccc(S(=O)(=O)Nc2nnc(-c3ccccc3)s2)c(F)c1. The smallest absolute Gasteiger partial charge is 0.253 e. The molecule has 118 valence electrons. The predicted molar refractivity (Wildman–Crippen MR) is 87.3 cm³/mol. The minimum Gasteiger partial charge on any atom is -0.253 e. The summed E-state index contributed by atoms with van der Waals surface area (Å²) in [6.45, 7) is 1.68. The Labute approximate surface area is 136 Å². The molecule has 0 aliphatic heterocycles. The highest BCUT2D eigenvalue weighted by atomic mass is 32.2. The minimum atomic E-state index is -4.05. The van der Waals surface area contributed by atoms with Gasteiger partial charge >= 0.3 is 0 Å². The molecule has 0 aliphatic carbocycles. The first-order valence-corrected chi connectivity index (χ1v) is 8.93. The standard InChI is InChI=1S/C15H12FN3O2S2/c1-10-7-8-13(12(16)9-10)23(20,21)19-15-18-17-14(22-15)11-5-3-2-4-6-11/h2-9H,1H3,(H,18,19). The predicted octanol–water partition coefficient (Wildman–Crippen LogP) is 3.45. The van der Waals surface area contributed by atoms with Crippen LogP contribution in [0.25, 0.3) is 10.6 Å². The molecule has 1 aromatic heterocycles. The van der Waals surface area contributed by atoms with E-state index in [1.165, 1.54) is 18.2 Å². The van der Waals surface area contributed by atoms with Crippen molar-refractivity contribution >= 4 is 26.5 Å². The van der Waals surface area contributed by atoms with Gasteiger partial charge in [-0.05, 0) is 24.6 Å². The summed E-state index contributed by atoms with van der Waals surface area (Å²) in [7, 11) is -4.05. The van der Waals surface area contributed by atoms with Gasteiger partial charge in [-0.3, -0.25) is 4.72 Å². The molecule has 0 saturated heterocycles. The normalized spacial score (nSPS) is 11.4. The Morgan fingerprint density at radius 1 is 1.09 bits per heavy atom. The van der Waals surface area contributed by atoms with Crippen molar-refractivity contribution in [1.29, 1.82) is 0 Å². The molecular formula is C15H12FN3O2S2. The van der Waals surface area contributed by atoms with Crippen LogP contribution in [0.2, 0.25) is 0 Å². The zero-order valence-corrected chi connectivity index (χ0v) is 13.7. The Bertz CT molecular complexity index is 940. The minimum absolute atomic E-state index is 0.0869. The van der Waals surface area contributed by atoms with Gasteiger partial charge in [0.25, 0.3) is 10.0 Å². The summed E-state index contributed by atoms with van der Waals surface area (Å²) in [5.41, 5.74) is 1.47. The molecule has 0 amide bonds. The lowest BCUT2D eigenvalue weighted by Crippen LogP contribution is -2.14. The van der Waals surface area contributed by atoms with E-state index in [2.05, 4.69) is 14.9 Å². The van der Waals surface area contributed by atoms with E-state index in [4.69, 9.17) is 0 Å². The molecule has 0 spiro atoms. The van der Waals surface area contributed by atoms with Gasteiger partial charge in [0.2, 0.25) is 5.13 Å². The molecule has 1 heterocycles. The van der Waals surface area contributed by atoms with Crippen LogP contribution in [0, 0.1) is 12.7 Å². The topological polar surface area (TPSA) is 72.0 Å². The average molecular weight is 349 g/mol. The maximum atomic E-state index is 13.9. The van der Waals surface area contributed by atoms with Gasteiger partial charge in [-0.2, -0.15) is 0 Å². The first-order chi connectivity index (χ1) is 11.0. The molecule has 8 heteroatoms. The van der Waals surface area contributed by atoms with E-state index < -0.39 is 20.7 Å². The number of nitrogens with one attached hydrogen (secondary N) is 1. The van der Waals surface area contributed by atoms with Crippen LogP contribution in [0.4, 0.5) is 9.52 Å². The maximum absolute atomic E-state index is 13.9. The van der Waals surface area contributed by atoms with E-state index in [-0.39, 0.29) is 5.13 Å². The van der Waals surface area contributed by atoms with Crippen molar-refractivity contribution in [2.24, 2.45) is 0 Å². The molecule has 0 saturated carbocycles. The lowest BCUT2D eigenvalue weighted by atomic mass is 10.2. The van der Waals surface area contributed by atoms with E-state index in [1.807, 2.05) is 30.3 Å². The summed E-state index contributed by atoms with van der Waals surface area (Å²) in [5.74, 6) is -0.801. The van der Waals surface area contributed by atoms with Crippen molar-refractivity contribution < 1.29 is 12.8 Å². The fraction of sp³-hybridized carbons (Fsp3) is 0.0667. The second kappa shape index (κ2) is 6.05. The monoisotopic (exact) mass is 349 g/mol. The number of rotatable bonds is 4. The summed E-state index contributed by atoms with van der Waals surface area (Å²) in [4.78, 5) is -0.417. The van der Waals surface area contributed by atoms with Gasteiger partial charge in [-0.1, -0.05) is 47.7 Å². The van der Waals surface area contributed by atoms with Gasteiger partial charge in [-0.25, -0.2) is 12.8 Å². The van der Waals surface area contributed by atoms with E-state index in [0.717, 1.165) is 16.9 Å². The molecule has 5 nitrogen and oxygen atoms in total. The van der Waals surface area contributed by atoms with Crippen LogP contribution in [0.15, 0.2) is 53.4 Å². The lowest BCUT2D eigenvalue weighted by molar-refractivity contribution is 0.569. The quantitative estimate of drug-likeness (QED) is 0.783. The van der Waals surface area contributed by atoms with Crippen LogP contribution in [0.1, 0.15) is 5.56 Å². The molecule has 1 N–H and O–H groups in total. The van der Waals surface area contributed by atoms with Gasteiger partial charge in [0.15, 0.2) is 0 Å². The summed E-state index contributed by atoms with van der Waals surface area (Å²) >= 11 is 1.08. The third kappa shape index (κ3) is 3.38. The Morgan fingerprint density at radius 2 is 1.83 bits per heavy atom. The Balaban J connectivity index is 1.88. The van der Waals surface area contributed by atoms with Crippen molar-refractivity contribution in [3.63, 3.8) is 0 Å². The van der Waals surface area contributed by atoms with Crippen molar-refractivity contribution in [2.75, 3.05) is 4.72 Å². The lowest BCUT2D eigenvalue weighted by Gasteiger charge is -2.06. The average Bonchev–Trinajstić information content (AvgIpc) is 2.95. The van der Waals surface area contributed by atoms with E-state index in [0.29, 0.717) is 10.6 Å². The number of hydrogen-bond donors (Lipinski definition) is 1. The molecule has 23 heavy (non-hydrogen) atoms. The number of aryl methyl sites for hydroxylation is 1. The summed E-state index contributed by atoms with van der Waals surface area (Å²) in [6.07, 6.45) is 0. The second-order valence-corrected chi connectivity index (χ2v) is 7.45. The van der Waals surface area contributed by atoms with E-state index >= 15 is 0 Å². The number of sulfonamides is 1.